The van der Waals surface area contributed by atoms with Crippen molar-refractivity contribution in [1.82, 2.24) is 0 Å². The molecule has 0 aliphatic rings. The number of oxime groups is 2. The highest BCUT2D eigenvalue weighted by Crippen LogP contribution is 2.05. The van der Waals surface area contributed by atoms with E-state index >= 15 is 0 Å². The molecule has 1 rings (SSSR count). The van der Waals surface area contributed by atoms with Gasteiger partial charge in [0.1, 0.15) is 17.2 Å². The summed E-state index contributed by atoms with van der Waals surface area (Å²) in [5, 5.41) is 23.0. The maximum atomic E-state index is 12.6. The van der Waals surface area contributed by atoms with Gasteiger partial charge >= 0.3 is 0 Å². The molecule has 0 atom stereocenters. The van der Waals surface area contributed by atoms with Crippen LogP contribution in [0.1, 0.15) is 12.5 Å². The first-order valence-electron chi connectivity index (χ1n) is 3.86. The predicted molar refractivity (Wildman–Crippen MR) is 49.6 cm³/mol. The van der Waals surface area contributed by atoms with Crippen molar-refractivity contribution >= 4 is 11.4 Å². The standard InChI is InChI=1S/C9H9FN2O2/c1-6(11-13)9(12-14)7-2-4-8(10)5-3-7/h2-5,13-14H,1H3. The van der Waals surface area contributed by atoms with Crippen LogP contribution < -0.4 is 0 Å². The SMILES string of the molecule is CC(=NO)C(=NO)c1ccc(F)cc1. The molecule has 4 nitrogen and oxygen atoms in total. The highest BCUT2D eigenvalue weighted by Gasteiger charge is 2.08. The molecule has 0 spiro atoms. The maximum Gasteiger partial charge on any atom is 0.134 e. The lowest BCUT2D eigenvalue weighted by Gasteiger charge is -2.01. The Balaban J connectivity index is 3.09. The first kappa shape index (κ1) is 10.2. The van der Waals surface area contributed by atoms with Crippen molar-refractivity contribution in [3.8, 4) is 0 Å². The highest BCUT2D eigenvalue weighted by atomic mass is 19.1. The van der Waals surface area contributed by atoms with Crippen LogP contribution >= 0.6 is 0 Å². The molecular weight excluding hydrogens is 187 g/mol. The number of hydrogen-bond acceptors (Lipinski definition) is 4. The molecule has 0 aliphatic heterocycles. The monoisotopic (exact) mass is 196 g/mol. The Hall–Kier alpha value is -1.91. The van der Waals surface area contributed by atoms with Crippen molar-refractivity contribution in [2.45, 2.75) is 6.92 Å². The zero-order chi connectivity index (χ0) is 10.6. The first-order chi connectivity index (χ1) is 6.69. The third kappa shape index (κ3) is 2.07. The van der Waals surface area contributed by atoms with E-state index in [1.54, 1.807) is 0 Å². The van der Waals surface area contributed by atoms with E-state index in [0.29, 0.717) is 5.56 Å². The summed E-state index contributed by atoms with van der Waals surface area (Å²) in [7, 11) is 0. The summed E-state index contributed by atoms with van der Waals surface area (Å²) < 4.78 is 12.6. The molecule has 0 saturated carbocycles. The van der Waals surface area contributed by atoms with Gasteiger partial charge in [0.05, 0.1) is 0 Å². The third-order valence-corrected chi connectivity index (χ3v) is 1.71. The second-order valence-corrected chi connectivity index (χ2v) is 2.64. The fourth-order valence-electron chi connectivity index (χ4n) is 0.994. The van der Waals surface area contributed by atoms with E-state index in [1.807, 2.05) is 0 Å². The smallest absolute Gasteiger partial charge is 0.134 e. The van der Waals surface area contributed by atoms with Crippen LogP contribution in [0, 0.1) is 5.82 Å². The number of benzene rings is 1. The minimum absolute atomic E-state index is 0.104. The van der Waals surface area contributed by atoms with Crippen LogP contribution in [0.3, 0.4) is 0 Å². The molecule has 0 unspecified atom stereocenters. The van der Waals surface area contributed by atoms with Gasteiger partial charge in [-0.05, 0) is 31.2 Å². The second-order valence-electron chi connectivity index (χ2n) is 2.64. The van der Waals surface area contributed by atoms with Gasteiger partial charge in [0.25, 0.3) is 0 Å². The minimum atomic E-state index is -0.385. The van der Waals surface area contributed by atoms with Gasteiger partial charge < -0.3 is 10.4 Å². The average Bonchev–Trinajstić information content (AvgIpc) is 2.21. The zero-order valence-corrected chi connectivity index (χ0v) is 7.48. The molecule has 0 aliphatic carbocycles. The van der Waals surface area contributed by atoms with Crippen LogP contribution in [0.2, 0.25) is 0 Å². The van der Waals surface area contributed by atoms with Gasteiger partial charge in [0.2, 0.25) is 0 Å². The summed E-state index contributed by atoms with van der Waals surface area (Å²) in [4.78, 5) is 0. The summed E-state index contributed by atoms with van der Waals surface area (Å²) in [6, 6.07) is 5.31. The van der Waals surface area contributed by atoms with Gasteiger partial charge in [-0.2, -0.15) is 0 Å². The quantitative estimate of drug-likeness (QED) is 0.430. The molecule has 2 N–H and O–H groups in total. The molecule has 14 heavy (non-hydrogen) atoms. The first-order valence-corrected chi connectivity index (χ1v) is 3.86. The Morgan fingerprint density at radius 1 is 1.14 bits per heavy atom. The van der Waals surface area contributed by atoms with Gasteiger partial charge in [-0.3, -0.25) is 0 Å². The van der Waals surface area contributed by atoms with Crippen LogP contribution in [0.5, 0.6) is 0 Å². The van der Waals surface area contributed by atoms with E-state index in [0.717, 1.165) is 0 Å². The Morgan fingerprint density at radius 2 is 1.71 bits per heavy atom. The van der Waals surface area contributed by atoms with Crippen LogP contribution in [-0.2, 0) is 0 Å². The normalized spacial score (nSPS) is 13.0. The summed E-state index contributed by atoms with van der Waals surface area (Å²) in [6.07, 6.45) is 0. The average molecular weight is 196 g/mol. The lowest BCUT2D eigenvalue weighted by atomic mass is 10.1. The van der Waals surface area contributed by atoms with Crippen molar-refractivity contribution in [2.75, 3.05) is 0 Å². The van der Waals surface area contributed by atoms with Crippen molar-refractivity contribution in [1.29, 1.82) is 0 Å². The highest BCUT2D eigenvalue weighted by molar-refractivity contribution is 6.47. The number of halogens is 1. The molecule has 5 heteroatoms. The van der Waals surface area contributed by atoms with Gasteiger partial charge in [-0.15, -0.1) is 0 Å². The molecule has 0 bridgehead atoms. The molecular formula is C9H9FN2O2. The largest absolute Gasteiger partial charge is 0.411 e. The van der Waals surface area contributed by atoms with Gasteiger partial charge in [0.15, 0.2) is 0 Å². The molecule has 0 saturated heterocycles. The lowest BCUT2D eigenvalue weighted by molar-refractivity contribution is 0.314. The van der Waals surface area contributed by atoms with E-state index < -0.39 is 0 Å². The maximum absolute atomic E-state index is 12.6. The fourth-order valence-corrected chi connectivity index (χ4v) is 0.994. The van der Waals surface area contributed by atoms with Crippen molar-refractivity contribution < 1.29 is 14.8 Å². The molecule has 0 aromatic heterocycles. The van der Waals surface area contributed by atoms with Gasteiger partial charge in [-0.25, -0.2) is 4.39 Å². The molecule has 0 heterocycles. The Kier molecular flexibility index (Phi) is 3.17. The van der Waals surface area contributed by atoms with E-state index in [4.69, 9.17) is 10.4 Å². The molecule has 0 amide bonds. The molecule has 1 aromatic rings. The summed E-state index contributed by atoms with van der Waals surface area (Å²) >= 11 is 0. The van der Waals surface area contributed by atoms with E-state index in [9.17, 15) is 4.39 Å². The summed E-state index contributed by atoms with van der Waals surface area (Å²) in [6.45, 7) is 1.47. The lowest BCUT2D eigenvalue weighted by Crippen LogP contribution is -2.12. The fraction of sp³-hybridized carbons (Fsp3) is 0.111. The van der Waals surface area contributed by atoms with Gasteiger partial charge in [-0.1, -0.05) is 10.3 Å². The van der Waals surface area contributed by atoms with Crippen LogP contribution in [0.4, 0.5) is 4.39 Å². The molecule has 1 aromatic carbocycles. The van der Waals surface area contributed by atoms with Crippen LogP contribution in [0.25, 0.3) is 0 Å². The molecule has 74 valence electrons. The Labute approximate surface area is 80.0 Å². The number of hydrogen-bond donors (Lipinski definition) is 2. The Bertz CT molecular complexity index is 371. The van der Waals surface area contributed by atoms with Crippen LogP contribution in [-0.4, -0.2) is 21.8 Å². The third-order valence-electron chi connectivity index (χ3n) is 1.71. The van der Waals surface area contributed by atoms with E-state index in [2.05, 4.69) is 10.3 Å². The van der Waals surface area contributed by atoms with Crippen LogP contribution in [0.15, 0.2) is 34.6 Å². The van der Waals surface area contributed by atoms with E-state index in [-0.39, 0.29) is 17.2 Å². The Morgan fingerprint density at radius 3 is 2.14 bits per heavy atom. The predicted octanol–water partition coefficient (Wildman–Crippen LogP) is 1.85. The topological polar surface area (TPSA) is 65.2 Å². The minimum Gasteiger partial charge on any atom is -0.411 e. The number of nitrogens with zero attached hydrogens (tertiary/aromatic N) is 2. The number of rotatable bonds is 2. The van der Waals surface area contributed by atoms with E-state index in [1.165, 1.54) is 31.2 Å². The summed E-state index contributed by atoms with van der Waals surface area (Å²) in [5.41, 5.74) is 0.732. The zero-order valence-electron chi connectivity index (χ0n) is 7.48. The second kappa shape index (κ2) is 4.36. The van der Waals surface area contributed by atoms with Gasteiger partial charge in [0, 0.05) is 5.56 Å². The van der Waals surface area contributed by atoms with Crippen molar-refractivity contribution in [2.24, 2.45) is 10.3 Å². The molecule has 0 fully saturated rings. The summed E-state index contributed by atoms with van der Waals surface area (Å²) in [5.74, 6) is -0.385. The van der Waals surface area contributed by atoms with Crippen molar-refractivity contribution in [3.63, 3.8) is 0 Å². The molecule has 0 radical (unpaired) electrons. The van der Waals surface area contributed by atoms with Crippen molar-refractivity contribution in [3.05, 3.63) is 35.6 Å².